The molecular formula is C23H20ClN3O2S. The number of aromatic amines is 1. The van der Waals surface area contributed by atoms with Crippen LogP contribution in [0.4, 0.5) is 5.69 Å². The quantitative estimate of drug-likeness (QED) is 0.496. The number of aromatic nitrogens is 1. The summed E-state index contributed by atoms with van der Waals surface area (Å²) in [5.41, 5.74) is 2.89. The van der Waals surface area contributed by atoms with E-state index in [2.05, 4.69) is 16.0 Å². The van der Waals surface area contributed by atoms with Crippen molar-refractivity contribution in [1.29, 1.82) is 0 Å². The summed E-state index contributed by atoms with van der Waals surface area (Å²) >= 11 is 7.39. The van der Waals surface area contributed by atoms with E-state index >= 15 is 0 Å². The summed E-state index contributed by atoms with van der Waals surface area (Å²) in [7, 11) is 0. The van der Waals surface area contributed by atoms with Crippen molar-refractivity contribution in [3.63, 3.8) is 0 Å². The molecule has 152 valence electrons. The lowest BCUT2D eigenvalue weighted by Crippen LogP contribution is -2.48. The molecule has 30 heavy (non-hydrogen) atoms. The van der Waals surface area contributed by atoms with Gasteiger partial charge in [-0.15, -0.1) is 11.3 Å². The van der Waals surface area contributed by atoms with Crippen molar-refractivity contribution in [2.45, 2.75) is 6.92 Å². The molecule has 2 aromatic heterocycles. The molecule has 0 unspecified atom stereocenters. The summed E-state index contributed by atoms with van der Waals surface area (Å²) < 4.78 is 0.876. The molecule has 0 radical (unpaired) electrons. The molecule has 2 aromatic carbocycles. The largest absolute Gasteiger partial charge is 0.368 e. The van der Waals surface area contributed by atoms with Gasteiger partial charge in [0.05, 0.1) is 10.3 Å². The van der Waals surface area contributed by atoms with Gasteiger partial charge in [-0.2, -0.15) is 0 Å². The third-order valence-corrected chi connectivity index (χ3v) is 7.02. The first kappa shape index (κ1) is 19.2. The van der Waals surface area contributed by atoms with Gasteiger partial charge in [0.2, 0.25) is 0 Å². The van der Waals surface area contributed by atoms with Crippen molar-refractivity contribution >= 4 is 55.5 Å². The summed E-state index contributed by atoms with van der Waals surface area (Å²) in [5, 5.41) is 2.29. The summed E-state index contributed by atoms with van der Waals surface area (Å²) in [5.74, 6) is -0.00726. The van der Waals surface area contributed by atoms with E-state index < -0.39 is 0 Å². The lowest BCUT2D eigenvalue weighted by atomic mass is 10.1. The smallest absolute Gasteiger partial charge is 0.264 e. The van der Waals surface area contributed by atoms with Gasteiger partial charge < -0.3 is 14.8 Å². The Kier molecular flexibility index (Phi) is 4.76. The molecule has 0 bridgehead atoms. The van der Waals surface area contributed by atoms with Crippen LogP contribution in [-0.2, 0) is 0 Å². The standard InChI is InChI=1S/C23H20ClN3O2S/c1-14-2-7-19-17(12-14)21-18(22(28)25-19)13-20(30-21)23(29)27-10-8-26(9-11-27)16-5-3-15(24)4-6-16/h2-7,12-13H,8-11H2,1H3,(H,25,28). The molecule has 7 heteroatoms. The van der Waals surface area contributed by atoms with E-state index in [-0.39, 0.29) is 11.5 Å². The highest BCUT2D eigenvalue weighted by Gasteiger charge is 2.24. The molecule has 0 atom stereocenters. The maximum atomic E-state index is 13.2. The Bertz CT molecular complexity index is 1320. The highest BCUT2D eigenvalue weighted by molar-refractivity contribution is 7.21. The Balaban J connectivity index is 1.41. The predicted octanol–water partition coefficient (Wildman–Crippen LogP) is 4.67. The van der Waals surface area contributed by atoms with Gasteiger partial charge in [-0.25, -0.2) is 0 Å². The number of hydrogen-bond acceptors (Lipinski definition) is 4. The monoisotopic (exact) mass is 437 g/mol. The molecule has 1 aliphatic heterocycles. The summed E-state index contributed by atoms with van der Waals surface area (Å²) in [6, 6.07) is 15.5. The average molecular weight is 438 g/mol. The second kappa shape index (κ2) is 7.45. The van der Waals surface area contributed by atoms with E-state index in [1.807, 2.05) is 48.2 Å². The van der Waals surface area contributed by atoms with Crippen LogP contribution < -0.4 is 10.5 Å². The molecule has 1 saturated heterocycles. The number of amides is 1. The number of carbonyl (C=O) groups is 1. The molecule has 3 heterocycles. The fourth-order valence-corrected chi connectivity index (χ4v) is 5.26. The Morgan fingerprint density at radius 3 is 2.47 bits per heavy atom. The predicted molar refractivity (Wildman–Crippen MR) is 124 cm³/mol. The molecular weight excluding hydrogens is 418 g/mol. The molecule has 1 aliphatic rings. The normalized spacial score (nSPS) is 14.6. The number of nitrogens with one attached hydrogen (secondary N) is 1. The second-order valence-corrected chi connectivity index (χ2v) is 9.10. The minimum atomic E-state index is -0.149. The molecule has 1 amide bonds. The van der Waals surface area contributed by atoms with E-state index in [0.717, 1.165) is 45.0 Å². The summed E-state index contributed by atoms with van der Waals surface area (Å²) in [6.07, 6.45) is 0. The average Bonchev–Trinajstić information content (AvgIpc) is 3.21. The number of rotatable bonds is 2. The van der Waals surface area contributed by atoms with Crippen LogP contribution in [-0.4, -0.2) is 42.0 Å². The first-order valence-corrected chi connectivity index (χ1v) is 11.0. The number of halogens is 1. The van der Waals surface area contributed by atoms with Crippen LogP contribution in [0, 0.1) is 6.92 Å². The van der Waals surface area contributed by atoms with E-state index in [1.54, 1.807) is 6.07 Å². The fourth-order valence-electron chi connectivity index (χ4n) is 3.99. The Morgan fingerprint density at radius 2 is 1.73 bits per heavy atom. The number of benzene rings is 2. The zero-order valence-electron chi connectivity index (χ0n) is 16.4. The third-order valence-electron chi connectivity index (χ3n) is 5.61. The SMILES string of the molecule is Cc1ccc2[nH]c(=O)c3cc(C(=O)N4CCN(c5ccc(Cl)cc5)CC4)sc3c2c1. The Labute approximate surface area is 182 Å². The Morgan fingerprint density at radius 1 is 1.00 bits per heavy atom. The number of thiophene rings is 1. The number of hydrogen-bond donors (Lipinski definition) is 1. The van der Waals surface area contributed by atoms with Gasteiger partial charge in [0.15, 0.2) is 0 Å². The van der Waals surface area contributed by atoms with Crippen LogP contribution in [0.1, 0.15) is 15.2 Å². The van der Waals surface area contributed by atoms with Gasteiger partial charge in [0.1, 0.15) is 0 Å². The van der Waals surface area contributed by atoms with Crippen molar-refractivity contribution in [1.82, 2.24) is 9.88 Å². The minimum Gasteiger partial charge on any atom is -0.368 e. The highest BCUT2D eigenvalue weighted by atomic mass is 35.5. The number of nitrogens with zero attached hydrogens (tertiary/aromatic N) is 2. The van der Waals surface area contributed by atoms with Crippen LogP contribution in [0.15, 0.2) is 53.3 Å². The number of piperazine rings is 1. The number of aryl methyl sites for hydroxylation is 1. The third kappa shape index (κ3) is 3.36. The van der Waals surface area contributed by atoms with Crippen molar-refractivity contribution in [2.24, 2.45) is 0 Å². The fraction of sp³-hybridized carbons (Fsp3) is 0.217. The lowest BCUT2D eigenvalue weighted by Gasteiger charge is -2.36. The van der Waals surface area contributed by atoms with Crippen LogP contribution in [0.25, 0.3) is 21.0 Å². The van der Waals surface area contributed by atoms with Crippen LogP contribution in [0.3, 0.4) is 0 Å². The van der Waals surface area contributed by atoms with Crippen molar-refractivity contribution in [3.05, 3.63) is 74.3 Å². The molecule has 1 fully saturated rings. The Hall–Kier alpha value is -2.83. The topological polar surface area (TPSA) is 56.4 Å². The number of anilines is 1. The molecule has 5 rings (SSSR count). The summed E-state index contributed by atoms with van der Waals surface area (Å²) in [6.45, 7) is 4.84. The van der Waals surface area contributed by atoms with Gasteiger partial charge in [-0.3, -0.25) is 9.59 Å². The molecule has 0 saturated carbocycles. The lowest BCUT2D eigenvalue weighted by molar-refractivity contribution is 0.0752. The number of H-pyrrole nitrogens is 1. The van der Waals surface area contributed by atoms with Crippen molar-refractivity contribution in [3.8, 4) is 0 Å². The number of carbonyl (C=O) groups excluding carboxylic acids is 1. The highest BCUT2D eigenvalue weighted by Crippen LogP contribution is 2.31. The molecule has 4 aromatic rings. The van der Waals surface area contributed by atoms with Crippen molar-refractivity contribution < 1.29 is 4.79 Å². The van der Waals surface area contributed by atoms with Gasteiger partial charge in [-0.1, -0.05) is 23.2 Å². The van der Waals surface area contributed by atoms with E-state index in [4.69, 9.17) is 11.6 Å². The second-order valence-electron chi connectivity index (χ2n) is 7.61. The van der Waals surface area contributed by atoms with Gasteiger partial charge in [0, 0.05) is 52.5 Å². The zero-order valence-corrected chi connectivity index (χ0v) is 18.0. The molecule has 1 N–H and O–H groups in total. The number of pyridine rings is 1. The van der Waals surface area contributed by atoms with E-state index in [1.165, 1.54) is 11.3 Å². The maximum absolute atomic E-state index is 13.2. The minimum absolute atomic E-state index is 0.00726. The molecule has 0 aliphatic carbocycles. The van der Waals surface area contributed by atoms with Gasteiger partial charge >= 0.3 is 0 Å². The number of fused-ring (bicyclic) bond motifs is 3. The van der Waals surface area contributed by atoms with Crippen LogP contribution >= 0.6 is 22.9 Å². The summed E-state index contributed by atoms with van der Waals surface area (Å²) in [4.78, 5) is 33.4. The van der Waals surface area contributed by atoms with Crippen LogP contribution in [0.2, 0.25) is 5.02 Å². The van der Waals surface area contributed by atoms with Gasteiger partial charge in [-0.05, 0) is 49.4 Å². The molecule has 5 nitrogen and oxygen atoms in total. The van der Waals surface area contributed by atoms with Crippen LogP contribution in [0.5, 0.6) is 0 Å². The zero-order chi connectivity index (χ0) is 20.8. The van der Waals surface area contributed by atoms with Gasteiger partial charge in [0.25, 0.3) is 11.5 Å². The molecule has 0 spiro atoms. The maximum Gasteiger partial charge on any atom is 0.264 e. The van der Waals surface area contributed by atoms with E-state index in [0.29, 0.717) is 23.4 Å². The first-order valence-electron chi connectivity index (χ1n) is 9.85. The van der Waals surface area contributed by atoms with E-state index in [9.17, 15) is 9.59 Å². The first-order chi connectivity index (χ1) is 14.5. The van der Waals surface area contributed by atoms with Crippen molar-refractivity contribution in [2.75, 3.05) is 31.1 Å².